The lowest BCUT2D eigenvalue weighted by molar-refractivity contribution is -0.0506. The molecule has 0 amide bonds. The molecule has 1 aliphatic rings. The summed E-state index contributed by atoms with van der Waals surface area (Å²) in [4.78, 5) is 4.27. The van der Waals surface area contributed by atoms with Gasteiger partial charge in [0.1, 0.15) is 12.1 Å². The van der Waals surface area contributed by atoms with Crippen molar-refractivity contribution in [1.29, 1.82) is 0 Å². The number of fused-ring (bicyclic) bond motifs is 1. The van der Waals surface area contributed by atoms with Gasteiger partial charge in [-0.1, -0.05) is 29.8 Å². The summed E-state index contributed by atoms with van der Waals surface area (Å²) in [7, 11) is 3.13. The van der Waals surface area contributed by atoms with Crippen molar-refractivity contribution in [3.8, 4) is 17.2 Å². The Kier molecular flexibility index (Phi) is 5.63. The largest absolute Gasteiger partial charge is 0.493 e. The van der Waals surface area contributed by atoms with Crippen LogP contribution in [0.2, 0.25) is 5.02 Å². The Balaban J connectivity index is 1.78. The molecule has 7 nitrogen and oxygen atoms in total. The van der Waals surface area contributed by atoms with E-state index in [1.165, 1.54) is 12.4 Å². The molecule has 0 spiro atoms. The van der Waals surface area contributed by atoms with E-state index in [-0.39, 0.29) is 17.8 Å². The number of rotatable bonds is 6. The number of anilines is 1. The zero-order chi connectivity index (χ0) is 21.3. The fourth-order valence-electron chi connectivity index (χ4n) is 3.75. The molecule has 0 radical (unpaired) electrons. The van der Waals surface area contributed by atoms with E-state index in [2.05, 4.69) is 15.4 Å². The van der Waals surface area contributed by atoms with Crippen molar-refractivity contribution in [2.24, 2.45) is 0 Å². The second-order valence-corrected chi connectivity index (χ2v) is 7.06. The lowest BCUT2D eigenvalue weighted by Gasteiger charge is -2.33. The Morgan fingerprint density at radius 2 is 1.97 bits per heavy atom. The van der Waals surface area contributed by atoms with Crippen LogP contribution in [0.15, 0.2) is 42.7 Å². The monoisotopic (exact) mass is 436 g/mol. The molecule has 0 aliphatic carbocycles. The Labute approximate surface area is 176 Å². The third-order valence-electron chi connectivity index (χ3n) is 4.99. The number of hydrogen-bond donors (Lipinski definition) is 1. The predicted octanol–water partition coefficient (Wildman–Crippen LogP) is 4.70. The van der Waals surface area contributed by atoms with Crippen LogP contribution in [0.4, 0.5) is 14.7 Å². The third kappa shape index (κ3) is 3.72. The zero-order valence-corrected chi connectivity index (χ0v) is 16.9. The van der Waals surface area contributed by atoms with Gasteiger partial charge in [0.25, 0.3) is 0 Å². The molecular weight excluding hydrogens is 418 g/mol. The molecule has 4 rings (SSSR count). The van der Waals surface area contributed by atoms with Gasteiger partial charge in [0.15, 0.2) is 11.5 Å². The predicted molar refractivity (Wildman–Crippen MR) is 107 cm³/mol. The van der Waals surface area contributed by atoms with Crippen molar-refractivity contribution < 1.29 is 23.0 Å². The second-order valence-electron chi connectivity index (χ2n) is 6.62. The number of alkyl halides is 2. The van der Waals surface area contributed by atoms with Crippen molar-refractivity contribution in [2.75, 3.05) is 19.5 Å². The number of nitrogens with zero attached hydrogens (tertiary/aromatic N) is 3. The average molecular weight is 437 g/mol. The van der Waals surface area contributed by atoms with Crippen LogP contribution in [-0.4, -0.2) is 35.6 Å². The number of methoxy groups -OCH3 is 2. The Morgan fingerprint density at radius 3 is 2.70 bits per heavy atom. The maximum absolute atomic E-state index is 13.0. The van der Waals surface area contributed by atoms with Crippen LogP contribution in [0.3, 0.4) is 0 Å². The van der Waals surface area contributed by atoms with E-state index < -0.39 is 6.61 Å². The van der Waals surface area contributed by atoms with Crippen LogP contribution in [-0.2, 0) is 0 Å². The fourth-order valence-corrected chi connectivity index (χ4v) is 3.91. The molecule has 158 valence electrons. The summed E-state index contributed by atoms with van der Waals surface area (Å²) in [6.45, 7) is -2.97. The summed E-state index contributed by atoms with van der Waals surface area (Å²) in [5.74, 6) is 1.67. The van der Waals surface area contributed by atoms with E-state index in [1.54, 1.807) is 37.1 Å². The Bertz CT molecular complexity index is 1050. The summed E-state index contributed by atoms with van der Waals surface area (Å²) >= 11 is 6.00. The highest BCUT2D eigenvalue weighted by Gasteiger charge is 2.34. The van der Waals surface area contributed by atoms with Gasteiger partial charge in [0.05, 0.1) is 26.3 Å². The molecule has 2 aromatic carbocycles. The van der Waals surface area contributed by atoms with Crippen LogP contribution in [0, 0.1) is 0 Å². The van der Waals surface area contributed by atoms with Crippen LogP contribution in [0.5, 0.6) is 17.2 Å². The number of halogens is 3. The van der Waals surface area contributed by atoms with Gasteiger partial charge in [-0.3, -0.25) is 0 Å². The molecule has 2 heterocycles. The van der Waals surface area contributed by atoms with Crippen molar-refractivity contribution in [3.05, 3.63) is 58.9 Å². The van der Waals surface area contributed by atoms with Crippen molar-refractivity contribution in [2.45, 2.75) is 25.1 Å². The number of benzene rings is 2. The molecule has 0 bridgehead atoms. The molecule has 1 aromatic heterocycles. The van der Waals surface area contributed by atoms with E-state index in [9.17, 15) is 8.78 Å². The van der Waals surface area contributed by atoms with Crippen molar-refractivity contribution in [3.63, 3.8) is 0 Å². The molecule has 1 aliphatic heterocycles. The van der Waals surface area contributed by atoms with Gasteiger partial charge in [0, 0.05) is 16.1 Å². The van der Waals surface area contributed by atoms with Crippen molar-refractivity contribution in [1.82, 2.24) is 14.8 Å². The number of nitrogens with one attached hydrogen (secondary N) is 1. The van der Waals surface area contributed by atoms with Crippen LogP contribution < -0.4 is 19.5 Å². The smallest absolute Gasteiger partial charge is 0.387 e. The van der Waals surface area contributed by atoms with E-state index >= 15 is 0 Å². The first-order valence-electron chi connectivity index (χ1n) is 9.13. The van der Waals surface area contributed by atoms with Crippen molar-refractivity contribution >= 4 is 17.5 Å². The highest BCUT2D eigenvalue weighted by atomic mass is 35.5. The van der Waals surface area contributed by atoms with E-state index in [0.29, 0.717) is 34.5 Å². The van der Waals surface area contributed by atoms with Crippen LogP contribution in [0.25, 0.3) is 0 Å². The lowest BCUT2D eigenvalue weighted by Crippen LogP contribution is -2.28. The molecule has 3 aromatic rings. The molecular formula is C20H19ClF2N4O3. The summed E-state index contributed by atoms with van der Waals surface area (Å²) in [6, 6.07) is 9.60. The normalized spacial score (nSPS) is 17.9. The quantitative estimate of drug-likeness (QED) is 0.604. The van der Waals surface area contributed by atoms with Gasteiger partial charge in [-0.15, -0.1) is 0 Å². The minimum atomic E-state index is -2.97. The molecule has 0 saturated heterocycles. The molecule has 0 unspecified atom stereocenters. The summed E-state index contributed by atoms with van der Waals surface area (Å²) < 4.78 is 43.4. The highest BCUT2D eigenvalue weighted by molar-refractivity contribution is 6.30. The SMILES string of the molecule is COc1cccc([C@@H]2C[C@H](c3ccc(Cl)cc3OC(F)F)Nc3ncnn32)c1OC. The first kappa shape index (κ1) is 20.2. The van der Waals surface area contributed by atoms with Gasteiger partial charge in [-0.2, -0.15) is 18.9 Å². The Morgan fingerprint density at radius 1 is 1.13 bits per heavy atom. The second kappa shape index (κ2) is 8.35. The topological polar surface area (TPSA) is 70.4 Å². The van der Waals surface area contributed by atoms with Gasteiger partial charge in [-0.05, 0) is 24.6 Å². The van der Waals surface area contributed by atoms with Gasteiger partial charge in [0.2, 0.25) is 5.95 Å². The van der Waals surface area contributed by atoms with E-state index in [0.717, 1.165) is 5.56 Å². The third-order valence-corrected chi connectivity index (χ3v) is 5.23. The minimum absolute atomic E-state index is 0.0133. The molecule has 2 atom stereocenters. The lowest BCUT2D eigenvalue weighted by atomic mass is 9.92. The van der Waals surface area contributed by atoms with Gasteiger partial charge >= 0.3 is 6.61 Å². The minimum Gasteiger partial charge on any atom is -0.493 e. The number of ether oxygens (including phenoxy) is 3. The maximum atomic E-state index is 13.0. The average Bonchev–Trinajstić information content (AvgIpc) is 3.20. The summed E-state index contributed by atoms with van der Waals surface area (Å²) in [6.07, 6.45) is 1.91. The standard InChI is InChI=1S/C20H19ClF2N4O3/c1-28-16-5-3-4-13(18(16)29-2)15-9-14(26-20-24-10-25-27(15)20)12-7-6-11(21)8-17(12)30-19(22)23/h3-8,10,14-15,19H,9H2,1-2H3,(H,24,25,26)/t14-,15+/m1/s1. The van der Waals surface area contributed by atoms with Gasteiger partial charge < -0.3 is 19.5 Å². The maximum Gasteiger partial charge on any atom is 0.387 e. The Hall–Kier alpha value is -3.07. The highest BCUT2D eigenvalue weighted by Crippen LogP contribution is 2.45. The van der Waals surface area contributed by atoms with Crippen LogP contribution >= 0.6 is 11.6 Å². The summed E-state index contributed by atoms with van der Waals surface area (Å²) in [5.41, 5.74) is 1.38. The van der Waals surface area contributed by atoms with E-state index in [1.807, 2.05) is 12.1 Å². The molecule has 0 fully saturated rings. The van der Waals surface area contributed by atoms with Crippen LogP contribution in [0.1, 0.15) is 29.6 Å². The fraction of sp³-hybridized carbons (Fsp3) is 0.300. The summed E-state index contributed by atoms with van der Waals surface area (Å²) in [5, 5.41) is 7.88. The zero-order valence-electron chi connectivity index (χ0n) is 16.2. The molecule has 30 heavy (non-hydrogen) atoms. The first-order valence-corrected chi connectivity index (χ1v) is 9.50. The van der Waals surface area contributed by atoms with Gasteiger partial charge in [-0.25, -0.2) is 4.68 Å². The van der Waals surface area contributed by atoms with E-state index in [4.69, 9.17) is 25.8 Å². The number of para-hydroxylation sites is 1. The molecule has 10 heteroatoms. The molecule has 0 saturated carbocycles. The number of aromatic nitrogens is 3. The molecule has 1 N–H and O–H groups in total. The number of hydrogen-bond acceptors (Lipinski definition) is 6. The first-order chi connectivity index (χ1) is 14.5.